The van der Waals surface area contributed by atoms with Crippen LogP contribution in [0, 0.1) is 6.58 Å². The molecule has 0 atom stereocenters. The molecule has 0 saturated carbocycles. The summed E-state index contributed by atoms with van der Waals surface area (Å²) in [5.41, 5.74) is 0. The Kier molecular flexibility index (Phi) is 30.6. The van der Waals surface area contributed by atoms with E-state index in [2.05, 4.69) is 16.0 Å². The number of hydrogen-bond donors (Lipinski definition) is 2. The number of carbonyl (C=O) groups is 3. The standard InChI is InChI=1S/C4H6NO.2C3H7NO.Y/c1-3-4(6)5-2;2*1-3(5)4-2;/h1,3H,2H3,(H,5,6);2*1-2H3,(H,4,5);/q-1;;;/p-1. The van der Waals surface area contributed by atoms with E-state index in [0.29, 0.717) is 0 Å². The first-order valence-corrected chi connectivity index (χ1v) is 4.41. The minimum Gasteiger partial charge on any atom is -0.740 e. The molecule has 0 aliphatic rings. The quantitative estimate of drug-likeness (QED) is 0.527. The summed E-state index contributed by atoms with van der Waals surface area (Å²) in [5.74, 6) is -0.370. The second kappa shape index (κ2) is 20.6. The summed E-state index contributed by atoms with van der Waals surface area (Å²) in [6, 6.07) is 0. The first-order chi connectivity index (χ1) is 7.35. The minimum absolute atomic E-state index is 0. The number of nitrogens with zero attached hydrogens (tertiary/aromatic N) is 1. The van der Waals surface area contributed by atoms with Crippen molar-refractivity contribution in [1.82, 2.24) is 10.6 Å². The van der Waals surface area contributed by atoms with Gasteiger partial charge in [-0.3, -0.25) is 16.2 Å². The average Bonchev–Trinajstić information content (AvgIpc) is 2.29. The van der Waals surface area contributed by atoms with Crippen LogP contribution < -0.4 is 10.6 Å². The maximum Gasteiger partial charge on any atom is 0.216 e. The first kappa shape index (κ1) is 25.2. The molecule has 0 aliphatic heterocycles. The van der Waals surface area contributed by atoms with Gasteiger partial charge in [-0.05, 0) is 0 Å². The zero-order valence-electron chi connectivity index (χ0n) is 10.9. The first-order valence-electron chi connectivity index (χ1n) is 4.41. The summed E-state index contributed by atoms with van der Waals surface area (Å²) in [5, 5.41) is 7.97. The third-order valence-electron chi connectivity index (χ3n) is 1.07. The third-order valence-corrected chi connectivity index (χ3v) is 1.07. The van der Waals surface area contributed by atoms with Gasteiger partial charge in [-0.2, -0.15) is 7.05 Å². The van der Waals surface area contributed by atoms with Crippen molar-refractivity contribution in [1.29, 1.82) is 0 Å². The molecule has 0 aromatic rings. The topological polar surface area (TPSA) is 89.4 Å². The van der Waals surface area contributed by atoms with E-state index in [1.54, 1.807) is 14.1 Å². The van der Waals surface area contributed by atoms with Crippen molar-refractivity contribution < 1.29 is 47.1 Å². The summed E-state index contributed by atoms with van der Waals surface area (Å²) >= 11 is 0. The molecule has 0 aromatic carbocycles. The minimum atomic E-state index is -0.380. The summed E-state index contributed by atoms with van der Waals surface area (Å²) in [6.07, 6.45) is 0.917. The molecule has 7 heteroatoms. The van der Waals surface area contributed by atoms with Crippen LogP contribution in [0.5, 0.6) is 0 Å². The van der Waals surface area contributed by atoms with E-state index in [1.807, 2.05) is 0 Å². The largest absolute Gasteiger partial charge is 0.740 e. The number of amides is 3. The molecule has 0 spiro atoms. The molecule has 0 rings (SSSR count). The van der Waals surface area contributed by atoms with Crippen LogP contribution in [-0.2, 0) is 47.1 Å². The van der Waals surface area contributed by atoms with Gasteiger partial charge < -0.3 is 20.7 Å². The van der Waals surface area contributed by atoms with Crippen LogP contribution in [-0.4, -0.2) is 38.9 Å². The monoisotopic (exact) mass is 318 g/mol. The molecule has 0 fully saturated rings. The van der Waals surface area contributed by atoms with Crippen molar-refractivity contribution in [2.24, 2.45) is 0 Å². The molecule has 97 valence electrons. The van der Waals surface area contributed by atoms with E-state index in [-0.39, 0.29) is 50.4 Å². The number of carbonyl (C=O) groups excluding carboxylic acids is 3. The maximum atomic E-state index is 9.83. The molecule has 0 bridgehead atoms. The molecule has 1 radical (unpaired) electrons. The van der Waals surface area contributed by atoms with Gasteiger partial charge in [0.05, 0.1) is 0 Å². The Bertz CT molecular complexity index is 219. The van der Waals surface area contributed by atoms with Crippen molar-refractivity contribution in [3.8, 4) is 0 Å². The van der Waals surface area contributed by atoms with Crippen LogP contribution in [0.2, 0.25) is 0 Å². The van der Waals surface area contributed by atoms with Gasteiger partial charge in [0, 0.05) is 60.7 Å². The molecule has 0 saturated heterocycles. The van der Waals surface area contributed by atoms with Crippen LogP contribution in [0.3, 0.4) is 0 Å². The smallest absolute Gasteiger partial charge is 0.216 e. The van der Waals surface area contributed by atoms with E-state index in [4.69, 9.17) is 6.58 Å². The number of likely N-dealkylation sites (N-methyl/N-ethyl adjacent to an activating group) is 1. The van der Waals surface area contributed by atoms with E-state index >= 15 is 0 Å². The Morgan fingerprint density at radius 2 is 1.29 bits per heavy atom. The van der Waals surface area contributed by atoms with Gasteiger partial charge in [-0.1, -0.05) is 5.91 Å². The maximum absolute atomic E-state index is 9.83. The zero-order valence-corrected chi connectivity index (χ0v) is 13.7. The molecule has 0 heterocycles. The molecule has 17 heavy (non-hydrogen) atoms. The fourth-order valence-electron chi connectivity index (χ4n) is 0.0745. The predicted octanol–water partition coefficient (Wildman–Crippen LogP) is 0.00779. The van der Waals surface area contributed by atoms with E-state index < -0.39 is 0 Å². The molecule has 3 amide bonds. The number of rotatable bonds is 1. The van der Waals surface area contributed by atoms with E-state index in [0.717, 1.165) is 6.08 Å². The fraction of sp³-hybridized carbons (Fsp3) is 0.500. The number of hydrogen-bond acceptors (Lipinski definition) is 3. The van der Waals surface area contributed by atoms with Gasteiger partial charge in [-0.15, -0.1) is 0 Å². The van der Waals surface area contributed by atoms with Crippen LogP contribution in [0.25, 0.3) is 5.32 Å². The summed E-state index contributed by atoms with van der Waals surface area (Å²) in [4.78, 5) is 29.2. The molecule has 6 nitrogen and oxygen atoms in total. The van der Waals surface area contributed by atoms with Crippen molar-refractivity contribution in [3.63, 3.8) is 0 Å². The SMILES string of the molecule is CNC(C)=O.CNC(C)=O.[CH-]=CC(=O)[N-]C.[Y]. The van der Waals surface area contributed by atoms with Crippen LogP contribution in [0.4, 0.5) is 0 Å². The summed E-state index contributed by atoms with van der Waals surface area (Å²) in [6.45, 7) is 7.66. The van der Waals surface area contributed by atoms with Gasteiger partial charge in [0.15, 0.2) is 0 Å². The van der Waals surface area contributed by atoms with E-state index in [9.17, 15) is 14.4 Å². The van der Waals surface area contributed by atoms with Crippen molar-refractivity contribution in [2.75, 3.05) is 21.1 Å². The molecule has 0 unspecified atom stereocenters. The normalized spacial score (nSPS) is 6.41. The Morgan fingerprint density at radius 3 is 1.29 bits per heavy atom. The van der Waals surface area contributed by atoms with Crippen LogP contribution >= 0.6 is 0 Å². The predicted molar refractivity (Wildman–Crippen MR) is 62.6 cm³/mol. The Morgan fingerprint density at radius 1 is 1.06 bits per heavy atom. The van der Waals surface area contributed by atoms with E-state index in [1.165, 1.54) is 20.9 Å². The second-order valence-electron chi connectivity index (χ2n) is 2.34. The fourth-order valence-corrected chi connectivity index (χ4v) is 0.0745. The van der Waals surface area contributed by atoms with Gasteiger partial charge in [-0.25, -0.2) is 6.08 Å². The molecular formula is C10H19N3O3Y-2. The van der Waals surface area contributed by atoms with Gasteiger partial charge in [0.1, 0.15) is 0 Å². The summed E-state index contributed by atoms with van der Waals surface area (Å²) in [7, 11) is 4.59. The van der Waals surface area contributed by atoms with Crippen molar-refractivity contribution in [2.45, 2.75) is 13.8 Å². The molecular weight excluding hydrogens is 299 g/mol. The van der Waals surface area contributed by atoms with Crippen LogP contribution in [0.1, 0.15) is 13.8 Å². The van der Waals surface area contributed by atoms with Crippen LogP contribution in [0.15, 0.2) is 6.08 Å². The average molecular weight is 318 g/mol. The summed E-state index contributed by atoms with van der Waals surface area (Å²) < 4.78 is 0. The van der Waals surface area contributed by atoms with Crippen molar-refractivity contribution >= 4 is 17.7 Å². The second-order valence-corrected chi connectivity index (χ2v) is 2.34. The Balaban J connectivity index is -0.0000000729. The van der Waals surface area contributed by atoms with Gasteiger partial charge in [0.25, 0.3) is 0 Å². The Labute approximate surface area is 128 Å². The van der Waals surface area contributed by atoms with Crippen molar-refractivity contribution in [3.05, 3.63) is 18.0 Å². The Hall–Kier alpha value is -0.746. The van der Waals surface area contributed by atoms with Gasteiger partial charge in [0.2, 0.25) is 11.8 Å². The zero-order chi connectivity index (χ0) is 13.6. The number of nitrogens with one attached hydrogen (secondary N) is 2. The molecule has 0 aliphatic carbocycles. The molecule has 2 N–H and O–H groups in total. The van der Waals surface area contributed by atoms with Gasteiger partial charge >= 0.3 is 0 Å². The third kappa shape index (κ3) is 50.9. The molecule has 0 aromatic heterocycles.